The molecule has 4 nitrogen and oxygen atoms in total. The number of benzene rings is 5. The smallest absolute Gasteiger partial charge is 0.200 e. The van der Waals surface area contributed by atoms with Crippen molar-refractivity contribution in [1.82, 2.24) is 19.9 Å². The van der Waals surface area contributed by atoms with Gasteiger partial charge in [0.2, 0.25) is 11.6 Å². The van der Waals surface area contributed by atoms with Crippen LogP contribution in [0, 0.1) is 58.2 Å². The summed E-state index contributed by atoms with van der Waals surface area (Å²) in [7, 11) is 0. The van der Waals surface area contributed by atoms with Crippen molar-refractivity contribution in [2.24, 2.45) is 0 Å². The molecular formula is C47H22F10N4. The van der Waals surface area contributed by atoms with Gasteiger partial charge in [-0.25, -0.2) is 48.9 Å². The molecule has 8 bridgehead atoms. The molecule has 0 atom stereocenters. The lowest BCUT2D eigenvalue weighted by Crippen LogP contribution is -2.05. The van der Waals surface area contributed by atoms with Gasteiger partial charge in [-0.15, -0.1) is 0 Å². The molecule has 61 heavy (non-hydrogen) atoms. The predicted molar refractivity (Wildman–Crippen MR) is 214 cm³/mol. The number of hydrogen-bond acceptors (Lipinski definition) is 1. The van der Waals surface area contributed by atoms with Crippen molar-refractivity contribution in [2.45, 2.75) is 0 Å². The van der Waals surface area contributed by atoms with E-state index in [4.69, 9.17) is 0 Å². The summed E-state index contributed by atoms with van der Waals surface area (Å²) in [6.07, 6.45) is 2.60. The van der Waals surface area contributed by atoms with E-state index in [9.17, 15) is 26.3 Å². The van der Waals surface area contributed by atoms with Crippen molar-refractivity contribution in [2.75, 3.05) is 0 Å². The van der Waals surface area contributed by atoms with Crippen LogP contribution < -0.4 is 0 Å². The highest BCUT2D eigenvalue weighted by molar-refractivity contribution is 6.01. The molecule has 9 aromatic rings. The lowest BCUT2D eigenvalue weighted by Gasteiger charge is -2.10. The number of hydrogen-bond donors (Lipinski definition) is 3. The minimum atomic E-state index is -2.36. The van der Waals surface area contributed by atoms with Crippen molar-refractivity contribution in [3.8, 4) is 44.5 Å². The zero-order valence-electron chi connectivity index (χ0n) is 30.7. The number of aromatic nitrogens is 4. The van der Waals surface area contributed by atoms with E-state index in [2.05, 4.69) is 19.9 Å². The SMILES string of the molecule is Fc1c(F)c(F)c(-c2c3nc(c4ccc([nH]4)c(-c4c(F)c(F)c(F)c(F)c4F)c4ccc([nH]4)c(-c4ccc(-c5ccc6ccccc6c5)cc4)c4ccc2[nH]4)C=C3)c(F)c1F. The lowest BCUT2D eigenvalue weighted by molar-refractivity contribution is 0.381. The first-order valence-corrected chi connectivity index (χ1v) is 18.4. The third kappa shape index (κ3) is 5.88. The molecule has 0 unspecified atom stereocenters. The Morgan fingerprint density at radius 2 is 0.689 bits per heavy atom. The molecular weight excluding hydrogens is 811 g/mol. The monoisotopic (exact) mass is 832 g/mol. The van der Waals surface area contributed by atoms with Gasteiger partial charge in [-0.2, -0.15) is 0 Å². The summed E-state index contributed by atoms with van der Waals surface area (Å²) in [4.78, 5) is 13.4. The topological polar surface area (TPSA) is 60.3 Å². The Hall–Kier alpha value is -7.61. The van der Waals surface area contributed by atoms with E-state index in [1.807, 2.05) is 54.6 Å². The Balaban J connectivity index is 1.33. The van der Waals surface area contributed by atoms with Gasteiger partial charge in [0.1, 0.15) is 0 Å². The van der Waals surface area contributed by atoms with Crippen molar-refractivity contribution >= 4 is 56.0 Å². The first-order valence-electron chi connectivity index (χ1n) is 18.4. The van der Waals surface area contributed by atoms with Crippen molar-refractivity contribution in [3.63, 3.8) is 0 Å². The molecule has 1 aliphatic heterocycles. The fraction of sp³-hybridized carbons (Fsp3) is 0. The van der Waals surface area contributed by atoms with E-state index in [-0.39, 0.29) is 44.5 Å². The largest absolute Gasteiger partial charge is 0.354 e. The van der Waals surface area contributed by atoms with Gasteiger partial charge in [-0.1, -0.05) is 60.7 Å². The Labute approximate surface area is 336 Å². The number of rotatable bonds is 4. The molecule has 5 aromatic carbocycles. The number of nitrogens with zero attached hydrogens (tertiary/aromatic N) is 1. The average molecular weight is 833 g/mol. The number of H-pyrrole nitrogens is 3. The van der Waals surface area contributed by atoms with Gasteiger partial charge in [-0.3, -0.25) is 0 Å². The average Bonchev–Trinajstić information content (AvgIpc) is 4.13. The molecule has 300 valence electrons. The minimum absolute atomic E-state index is 0.0203. The van der Waals surface area contributed by atoms with Crippen LogP contribution in [0.15, 0.2) is 103 Å². The summed E-state index contributed by atoms with van der Waals surface area (Å²) in [5.74, 6) is -21.9. The van der Waals surface area contributed by atoms with Crippen molar-refractivity contribution in [1.29, 1.82) is 0 Å². The van der Waals surface area contributed by atoms with E-state index in [0.717, 1.165) is 21.9 Å². The van der Waals surface area contributed by atoms with Crippen LogP contribution in [-0.4, -0.2) is 19.9 Å². The van der Waals surface area contributed by atoms with Gasteiger partial charge in [0.15, 0.2) is 46.5 Å². The van der Waals surface area contributed by atoms with Crippen LogP contribution in [-0.2, 0) is 0 Å². The highest BCUT2D eigenvalue weighted by atomic mass is 19.2. The zero-order valence-corrected chi connectivity index (χ0v) is 30.7. The van der Waals surface area contributed by atoms with Gasteiger partial charge in [-0.05, 0) is 82.1 Å². The molecule has 0 spiro atoms. The van der Waals surface area contributed by atoms with Gasteiger partial charge in [0.25, 0.3) is 0 Å². The van der Waals surface area contributed by atoms with E-state index in [1.54, 1.807) is 12.1 Å². The molecule has 0 aliphatic carbocycles. The first kappa shape index (κ1) is 37.6. The summed E-state index contributed by atoms with van der Waals surface area (Å²) in [5.41, 5.74) is -1.02. The maximum absolute atomic E-state index is 15.7. The van der Waals surface area contributed by atoms with Crippen LogP contribution in [0.5, 0.6) is 0 Å². The van der Waals surface area contributed by atoms with E-state index >= 15 is 17.6 Å². The summed E-state index contributed by atoms with van der Waals surface area (Å²) >= 11 is 0. The quantitative estimate of drug-likeness (QED) is 0.0923. The molecule has 1 aliphatic rings. The summed E-state index contributed by atoms with van der Waals surface area (Å²) in [6, 6.07) is 29.2. The maximum Gasteiger partial charge on any atom is 0.200 e. The second-order valence-corrected chi connectivity index (χ2v) is 14.2. The highest BCUT2D eigenvalue weighted by Crippen LogP contribution is 2.41. The molecule has 4 aromatic heterocycles. The summed E-state index contributed by atoms with van der Waals surface area (Å²) in [5, 5.41) is 2.03. The maximum atomic E-state index is 15.7. The zero-order chi connectivity index (χ0) is 42.4. The Morgan fingerprint density at radius 3 is 1.25 bits per heavy atom. The lowest BCUT2D eigenvalue weighted by atomic mass is 9.98. The van der Waals surface area contributed by atoms with Gasteiger partial charge in [0, 0.05) is 44.3 Å². The van der Waals surface area contributed by atoms with Gasteiger partial charge in [0.05, 0.1) is 28.0 Å². The van der Waals surface area contributed by atoms with Crippen LogP contribution in [0.25, 0.3) is 101 Å². The molecule has 5 heterocycles. The van der Waals surface area contributed by atoms with Crippen molar-refractivity contribution in [3.05, 3.63) is 173 Å². The third-order valence-corrected chi connectivity index (χ3v) is 10.8. The second kappa shape index (κ2) is 14.0. The van der Waals surface area contributed by atoms with Gasteiger partial charge >= 0.3 is 0 Å². The fourth-order valence-corrected chi connectivity index (χ4v) is 7.83. The Kier molecular flexibility index (Phi) is 8.64. The fourth-order valence-electron chi connectivity index (χ4n) is 7.83. The number of nitrogens with one attached hydrogen (secondary N) is 3. The van der Waals surface area contributed by atoms with Crippen LogP contribution in [0.3, 0.4) is 0 Å². The minimum Gasteiger partial charge on any atom is -0.354 e. The third-order valence-electron chi connectivity index (χ3n) is 10.8. The molecule has 10 rings (SSSR count). The highest BCUT2D eigenvalue weighted by Gasteiger charge is 2.31. The predicted octanol–water partition coefficient (Wildman–Crippen LogP) is 13.9. The van der Waals surface area contributed by atoms with Crippen LogP contribution >= 0.6 is 0 Å². The Morgan fingerprint density at radius 1 is 0.295 bits per heavy atom. The van der Waals surface area contributed by atoms with E-state index in [1.165, 1.54) is 48.6 Å². The molecule has 0 fully saturated rings. The number of fused-ring (bicyclic) bond motifs is 10. The van der Waals surface area contributed by atoms with Gasteiger partial charge < -0.3 is 15.0 Å². The van der Waals surface area contributed by atoms with E-state index in [0.29, 0.717) is 11.1 Å². The molecule has 0 amide bonds. The van der Waals surface area contributed by atoms with Crippen LogP contribution in [0.4, 0.5) is 43.9 Å². The van der Waals surface area contributed by atoms with Crippen LogP contribution in [0.2, 0.25) is 0 Å². The Bertz CT molecular complexity index is 3430. The molecule has 14 heteroatoms. The first-order chi connectivity index (χ1) is 29.4. The van der Waals surface area contributed by atoms with Crippen LogP contribution in [0.1, 0.15) is 11.4 Å². The normalized spacial score (nSPS) is 12.0. The summed E-state index contributed by atoms with van der Waals surface area (Å²) < 4.78 is 151. The standard InChI is InChI=1S/C47H22F10N4/c48-38-36(39(49)43(53)46(56)42(38)52)34-29-13-11-25(58-29)26-12-14-30(59-26)35(37-40(50)44(54)47(57)45(55)41(37)51)32-18-16-28(61-32)33(27-15-17-31(34)60-27)22-8-5-21(6-9-22)24-10-7-20-3-1-2-4-23(20)19-24/h1-19,58,60-61H. The molecule has 0 radical (unpaired) electrons. The summed E-state index contributed by atoms with van der Waals surface area (Å²) in [6.45, 7) is 0. The number of aromatic amines is 3. The molecule has 0 saturated carbocycles. The van der Waals surface area contributed by atoms with E-state index < -0.39 is 80.4 Å². The molecule has 3 N–H and O–H groups in total. The molecule has 0 saturated heterocycles. The second-order valence-electron chi connectivity index (χ2n) is 14.2. The van der Waals surface area contributed by atoms with Crippen molar-refractivity contribution < 1.29 is 43.9 Å². The number of halogens is 10.